The summed E-state index contributed by atoms with van der Waals surface area (Å²) in [7, 11) is 0. The van der Waals surface area contributed by atoms with Crippen LogP contribution in [0, 0.1) is 5.41 Å². The maximum absolute atomic E-state index is 3.50. The molecule has 0 saturated carbocycles. The van der Waals surface area contributed by atoms with Gasteiger partial charge in [-0.3, -0.25) is 0 Å². The Morgan fingerprint density at radius 3 is 2.15 bits per heavy atom. The van der Waals surface area contributed by atoms with E-state index in [0.29, 0.717) is 5.41 Å². The molecule has 0 aromatic carbocycles. The molecule has 0 unspecified atom stereocenters. The molecule has 1 nitrogen and oxygen atoms in total. The Labute approximate surface area is 84.3 Å². The Bertz CT molecular complexity index is 102. The minimum atomic E-state index is 0.483. The van der Waals surface area contributed by atoms with Crippen molar-refractivity contribution >= 4 is 0 Å². The van der Waals surface area contributed by atoms with E-state index in [-0.39, 0.29) is 0 Å². The zero-order valence-electron chi connectivity index (χ0n) is 9.95. The van der Waals surface area contributed by atoms with Crippen LogP contribution in [0.3, 0.4) is 0 Å². The van der Waals surface area contributed by atoms with Gasteiger partial charge in [0.25, 0.3) is 0 Å². The van der Waals surface area contributed by atoms with Gasteiger partial charge < -0.3 is 5.32 Å². The van der Waals surface area contributed by atoms with Crippen molar-refractivity contribution in [1.82, 2.24) is 5.32 Å². The summed E-state index contributed by atoms with van der Waals surface area (Å²) in [6.07, 6.45) is 6.74. The SMILES string of the molecule is CCCCCCNCCC(C)(C)C. The second-order valence-electron chi connectivity index (χ2n) is 5.12. The van der Waals surface area contributed by atoms with Crippen LogP contribution in [0.5, 0.6) is 0 Å². The molecule has 0 fully saturated rings. The highest BCUT2D eigenvalue weighted by Gasteiger charge is 2.08. The van der Waals surface area contributed by atoms with E-state index in [2.05, 4.69) is 33.0 Å². The molecule has 1 heteroatoms. The molecule has 0 heterocycles. The van der Waals surface area contributed by atoms with E-state index in [1.807, 2.05) is 0 Å². The van der Waals surface area contributed by atoms with Crippen molar-refractivity contribution in [3.05, 3.63) is 0 Å². The molecule has 0 spiro atoms. The molecule has 0 aliphatic heterocycles. The van der Waals surface area contributed by atoms with Crippen molar-refractivity contribution in [3.8, 4) is 0 Å². The van der Waals surface area contributed by atoms with Gasteiger partial charge in [-0.1, -0.05) is 47.0 Å². The summed E-state index contributed by atoms with van der Waals surface area (Å²) in [4.78, 5) is 0. The van der Waals surface area contributed by atoms with E-state index in [1.165, 1.54) is 45.2 Å². The monoisotopic (exact) mass is 185 g/mol. The van der Waals surface area contributed by atoms with Crippen LogP contribution in [0.2, 0.25) is 0 Å². The van der Waals surface area contributed by atoms with Gasteiger partial charge >= 0.3 is 0 Å². The van der Waals surface area contributed by atoms with Crippen LogP contribution in [0.1, 0.15) is 59.8 Å². The molecule has 0 atom stereocenters. The molecular weight excluding hydrogens is 158 g/mol. The van der Waals surface area contributed by atoms with Crippen LogP contribution in [0.4, 0.5) is 0 Å². The fourth-order valence-corrected chi connectivity index (χ4v) is 1.27. The molecule has 0 amide bonds. The minimum Gasteiger partial charge on any atom is -0.317 e. The summed E-state index contributed by atoms with van der Waals surface area (Å²) in [6, 6.07) is 0. The molecule has 0 bridgehead atoms. The third-order valence-electron chi connectivity index (χ3n) is 2.26. The fraction of sp³-hybridized carbons (Fsp3) is 1.00. The summed E-state index contributed by atoms with van der Waals surface area (Å²) in [5.41, 5.74) is 0.483. The Morgan fingerprint density at radius 2 is 1.62 bits per heavy atom. The topological polar surface area (TPSA) is 12.0 Å². The van der Waals surface area contributed by atoms with E-state index in [4.69, 9.17) is 0 Å². The molecular formula is C12H27N. The molecule has 0 radical (unpaired) electrons. The lowest BCUT2D eigenvalue weighted by atomic mass is 9.92. The largest absolute Gasteiger partial charge is 0.317 e. The lowest BCUT2D eigenvalue weighted by molar-refractivity contribution is 0.366. The standard InChI is InChI=1S/C12H27N/c1-5-6-7-8-10-13-11-9-12(2,3)4/h13H,5-11H2,1-4H3. The maximum atomic E-state index is 3.50. The predicted molar refractivity (Wildman–Crippen MR) is 61.1 cm³/mol. The summed E-state index contributed by atoms with van der Waals surface area (Å²) < 4.78 is 0. The Morgan fingerprint density at radius 1 is 0.923 bits per heavy atom. The lowest BCUT2D eigenvalue weighted by Crippen LogP contribution is -2.21. The average molecular weight is 185 g/mol. The quantitative estimate of drug-likeness (QED) is 0.598. The van der Waals surface area contributed by atoms with Gasteiger partial charge in [0.15, 0.2) is 0 Å². The second kappa shape index (κ2) is 7.37. The van der Waals surface area contributed by atoms with Crippen LogP contribution >= 0.6 is 0 Å². The van der Waals surface area contributed by atoms with Crippen molar-refractivity contribution in [2.24, 2.45) is 5.41 Å². The first-order valence-electron chi connectivity index (χ1n) is 5.77. The summed E-state index contributed by atoms with van der Waals surface area (Å²) in [6.45, 7) is 11.5. The first-order valence-corrected chi connectivity index (χ1v) is 5.77. The third kappa shape index (κ3) is 12.0. The van der Waals surface area contributed by atoms with Gasteiger partial charge in [-0.05, 0) is 31.3 Å². The summed E-state index contributed by atoms with van der Waals surface area (Å²) in [5.74, 6) is 0. The van der Waals surface area contributed by atoms with Crippen molar-refractivity contribution in [2.45, 2.75) is 59.8 Å². The molecule has 0 aromatic heterocycles. The zero-order valence-corrected chi connectivity index (χ0v) is 9.95. The van der Waals surface area contributed by atoms with Crippen molar-refractivity contribution in [1.29, 1.82) is 0 Å². The van der Waals surface area contributed by atoms with Crippen LogP contribution in [0.15, 0.2) is 0 Å². The first-order chi connectivity index (χ1) is 6.06. The zero-order chi connectivity index (χ0) is 10.2. The number of nitrogens with one attached hydrogen (secondary N) is 1. The highest BCUT2D eigenvalue weighted by molar-refractivity contribution is 4.62. The molecule has 0 aromatic rings. The van der Waals surface area contributed by atoms with Crippen LogP contribution < -0.4 is 5.32 Å². The smallest absolute Gasteiger partial charge is 0.00439 e. The maximum Gasteiger partial charge on any atom is -0.00439 e. The van der Waals surface area contributed by atoms with Crippen LogP contribution in [0.25, 0.3) is 0 Å². The van der Waals surface area contributed by atoms with Crippen molar-refractivity contribution in [2.75, 3.05) is 13.1 Å². The Balaban J connectivity index is 3.00. The molecule has 13 heavy (non-hydrogen) atoms. The third-order valence-corrected chi connectivity index (χ3v) is 2.26. The molecule has 0 saturated heterocycles. The van der Waals surface area contributed by atoms with Crippen LogP contribution in [-0.4, -0.2) is 13.1 Å². The highest BCUT2D eigenvalue weighted by atomic mass is 14.8. The average Bonchev–Trinajstić information content (AvgIpc) is 2.01. The van der Waals surface area contributed by atoms with Gasteiger partial charge in [-0.15, -0.1) is 0 Å². The lowest BCUT2D eigenvalue weighted by Gasteiger charge is -2.17. The van der Waals surface area contributed by atoms with E-state index in [1.54, 1.807) is 0 Å². The van der Waals surface area contributed by atoms with Crippen molar-refractivity contribution in [3.63, 3.8) is 0 Å². The molecule has 0 rings (SSSR count). The highest BCUT2D eigenvalue weighted by Crippen LogP contribution is 2.16. The van der Waals surface area contributed by atoms with E-state index >= 15 is 0 Å². The van der Waals surface area contributed by atoms with Gasteiger partial charge in [0.1, 0.15) is 0 Å². The van der Waals surface area contributed by atoms with Gasteiger partial charge in [0.05, 0.1) is 0 Å². The number of rotatable bonds is 7. The van der Waals surface area contributed by atoms with E-state index in [9.17, 15) is 0 Å². The second-order valence-corrected chi connectivity index (χ2v) is 5.12. The Kier molecular flexibility index (Phi) is 7.35. The van der Waals surface area contributed by atoms with Gasteiger partial charge in [-0.25, -0.2) is 0 Å². The predicted octanol–water partition coefficient (Wildman–Crippen LogP) is 3.59. The van der Waals surface area contributed by atoms with Gasteiger partial charge in [0.2, 0.25) is 0 Å². The molecule has 0 aliphatic carbocycles. The fourth-order valence-electron chi connectivity index (χ4n) is 1.27. The van der Waals surface area contributed by atoms with Crippen LogP contribution in [-0.2, 0) is 0 Å². The minimum absolute atomic E-state index is 0.483. The van der Waals surface area contributed by atoms with Gasteiger partial charge in [-0.2, -0.15) is 0 Å². The molecule has 1 N–H and O–H groups in total. The summed E-state index contributed by atoms with van der Waals surface area (Å²) >= 11 is 0. The molecule has 0 aliphatic rings. The molecule has 80 valence electrons. The van der Waals surface area contributed by atoms with E-state index < -0.39 is 0 Å². The van der Waals surface area contributed by atoms with E-state index in [0.717, 1.165) is 0 Å². The normalized spacial score (nSPS) is 12.0. The Hall–Kier alpha value is -0.0400. The first kappa shape index (κ1) is 13.0. The van der Waals surface area contributed by atoms with Crippen molar-refractivity contribution < 1.29 is 0 Å². The van der Waals surface area contributed by atoms with Gasteiger partial charge in [0, 0.05) is 0 Å². The number of hydrogen-bond donors (Lipinski definition) is 1. The number of hydrogen-bond acceptors (Lipinski definition) is 1. The summed E-state index contributed by atoms with van der Waals surface area (Å²) in [5, 5.41) is 3.50. The number of unbranched alkanes of at least 4 members (excludes halogenated alkanes) is 3.